The molecule has 34 heavy (non-hydrogen) atoms. The van der Waals surface area contributed by atoms with E-state index in [-0.39, 0.29) is 28.6 Å². The third kappa shape index (κ3) is 3.91. The number of hydrogen-bond acceptors (Lipinski definition) is 7. The number of nitrogens with zero attached hydrogens (tertiary/aromatic N) is 2. The summed E-state index contributed by atoms with van der Waals surface area (Å²) >= 11 is 0. The summed E-state index contributed by atoms with van der Waals surface area (Å²) in [4.78, 5) is 24.8. The molecule has 1 N–H and O–H groups in total. The number of carbonyl (C=O) groups is 1. The van der Waals surface area contributed by atoms with Crippen molar-refractivity contribution in [2.75, 3.05) is 19.5 Å². The van der Waals surface area contributed by atoms with Gasteiger partial charge in [0.1, 0.15) is 17.0 Å². The van der Waals surface area contributed by atoms with E-state index in [1.54, 1.807) is 25.1 Å². The Morgan fingerprint density at radius 3 is 2.50 bits per heavy atom. The van der Waals surface area contributed by atoms with Crippen LogP contribution in [0.2, 0.25) is 0 Å². The number of nitrogens with one attached hydrogen (secondary N) is 1. The van der Waals surface area contributed by atoms with Gasteiger partial charge in [-0.15, -0.1) is 0 Å². The number of fused-ring (bicyclic) bond motifs is 1. The van der Waals surface area contributed by atoms with Gasteiger partial charge in [-0.1, -0.05) is 12.1 Å². The Bertz CT molecular complexity index is 1260. The van der Waals surface area contributed by atoms with E-state index in [0.717, 1.165) is 11.0 Å². The molecule has 0 spiro atoms. The number of para-hydroxylation sites is 1. The van der Waals surface area contributed by atoms with Crippen molar-refractivity contribution in [2.45, 2.75) is 13.2 Å². The molecule has 0 bridgehead atoms. The van der Waals surface area contributed by atoms with Crippen molar-refractivity contribution in [3.8, 4) is 11.5 Å². The van der Waals surface area contributed by atoms with Crippen molar-refractivity contribution in [1.82, 2.24) is 4.90 Å². The van der Waals surface area contributed by atoms with E-state index < -0.39 is 34.3 Å². The Balaban J connectivity index is 1.60. The molecule has 1 atom stereocenters. The number of rotatable bonds is 6. The van der Waals surface area contributed by atoms with Crippen LogP contribution in [-0.4, -0.2) is 36.2 Å². The van der Waals surface area contributed by atoms with E-state index in [0.29, 0.717) is 11.1 Å². The number of methoxy groups -OCH3 is 2. The molecule has 2 heterocycles. The Morgan fingerprint density at radius 2 is 1.88 bits per heavy atom. The topological polar surface area (TPSA) is 103 Å². The summed E-state index contributed by atoms with van der Waals surface area (Å²) in [5.41, 5.74) is 0.551. The summed E-state index contributed by atoms with van der Waals surface area (Å²) in [6.45, 7) is 1.72. The molecule has 0 saturated carbocycles. The molecule has 0 aromatic heterocycles. The molecule has 2 aromatic rings. The van der Waals surface area contributed by atoms with Crippen LogP contribution >= 0.6 is 0 Å². The summed E-state index contributed by atoms with van der Waals surface area (Å²) in [6, 6.07) is 5.67. The Kier molecular flexibility index (Phi) is 5.93. The minimum absolute atomic E-state index is 0.115. The number of hydrogen-bond donors (Lipinski definition) is 1. The molecule has 1 amide bonds. The van der Waals surface area contributed by atoms with Gasteiger partial charge in [0.15, 0.2) is 29.4 Å². The molecule has 2 aliphatic rings. The fourth-order valence-corrected chi connectivity index (χ4v) is 3.59. The lowest BCUT2D eigenvalue weighted by Gasteiger charge is -2.21. The Labute approximate surface area is 192 Å². The molecule has 9 nitrogen and oxygen atoms in total. The number of carbonyl (C=O) groups excluding carboxylic acids is 1. The average Bonchev–Trinajstić information content (AvgIpc) is 3.22. The highest BCUT2D eigenvalue weighted by Crippen LogP contribution is 2.35. The van der Waals surface area contributed by atoms with E-state index in [1.165, 1.54) is 38.8 Å². The number of aryl methyl sites for hydroxylation is 1. The lowest BCUT2D eigenvalue weighted by Crippen LogP contribution is -2.25. The van der Waals surface area contributed by atoms with Crippen molar-refractivity contribution >= 4 is 17.3 Å². The molecule has 11 heteroatoms. The highest BCUT2D eigenvalue weighted by atomic mass is 19.1. The van der Waals surface area contributed by atoms with Crippen molar-refractivity contribution in [3.63, 3.8) is 0 Å². The van der Waals surface area contributed by atoms with Crippen LogP contribution in [0.15, 0.2) is 60.1 Å². The maximum Gasteiger partial charge on any atom is 0.292 e. The van der Waals surface area contributed by atoms with Gasteiger partial charge in [-0.05, 0) is 24.6 Å². The van der Waals surface area contributed by atoms with E-state index >= 15 is 0 Å². The van der Waals surface area contributed by atoms with Gasteiger partial charge < -0.3 is 19.5 Å². The Morgan fingerprint density at radius 1 is 1.21 bits per heavy atom. The number of amides is 1. The molecule has 0 aliphatic carbocycles. The van der Waals surface area contributed by atoms with Crippen LogP contribution in [0.25, 0.3) is 0 Å². The van der Waals surface area contributed by atoms with Crippen molar-refractivity contribution < 1.29 is 32.7 Å². The zero-order valence-corrected chi connectivity index (χ0v) is 18.3. The number of halogens is 2. The first-order valence-electron chi connectivity index (χ1n) is 9.97. The zero-order valence-electron chi connectivity index (χ0n) is 18.3. The van der Waals surface area contributed by atoms with Gasteiger partial charge in [0.05, 0.1) is 25.3 Å². The second-order valence-corrected chi connectivity index (χ2v) is 7.34. The standard InChI is InChI=1S/C23H19F2N3O6/c1-12-5-4-6-14(28(30)31)22(12)26-18-9-13-7-8-27(11-17(13)34-18)23(29)19-20(24)15(32-2)10-16(33-3)21(19)25/h4-11,18,26H,1-3H3. The van der Waals surface area contributed by atoms with E-state index in [4.69, 9.17) is 14.2 Å². The number of anilines is 1. The second-order valence-electron chi connectivity index (χ2n) is 7.34. The maximum absolute atomic E-state index is 14.7. The van der Waals surface area contributed by atoms with E-state index in [9.17, 15) is 23.7 Å². The van der Waals surface area contributed by atoms with Crippen molar-refractivity contribution in [2.24, 2.45) is 0 Å². The molecule has 0 radical (unpaired) electrons. The predicted molar refractivity (Wildman–Crippen MR) is 117 cm³/mol. The third-order valence-electron chi connectivity index (χ3n) is 5.30. The first kappa shape index (κ1) is 22.8. The normalized spacial score (nSPS) is 16.3. The molecule has 0 fully saturated rings. The third-order valence-corrected chi connectivity index (χ3v) is 5.30. The van der Waals surface area contributed by atoms with E-state index in [1.807, 2.05) is 0 Å². The molecule has 4 rings (SSSR count). The summed E-state index contributed by atoms with van der Waals surface area (Å²) in [7, 11) is 2.37. The second kappa shape index (κ2) is 8.85. The van der Waals surface area contributed by atoms with Crippen LogP contribution < -0.4 is 14.8 Å². The Hall–Kier alpha value is -4.41. The lowest BCUT2D eigenvalue weighted by molar-refractivity contribution is -0.384. The maximum atomic E-state index is 14.7. The smallest absolute Gasteiger partial charge is 0.292 e. The summed E-state index contributed by atoms with van der Waals surface area (Å²) in [6.07, 6.45) is 5.01. The zero-order chi connectivity index (χ0) is 24.6. The van der Waals surface area contributed by atoms with Crippen LogP contribution in [0, 0.1) is 28.7 Å². The van der Waals surface area contributed by atoms with Crippen molar-refractivity contribution in [1.29, 1.82) is 0 Å². The predicted octanol–water partition coefficient (Wildman–Crippen LogP) is 4.40. The fraction of sp³-hybridized carbons (Fsp3) is 0.174. The molecule has 2 aliphatic heterocycles. The lowest BCUT2D eigenvalue weighted by atomic mass is 10.1. The molecule has 176 valence electrons. The average molecular weight is 471 g/mol. The van der Waals surface area contributed by atoms with Gasteiger partial charge in [0.2, 0.25) is 0 Å². The number of ether oxygens (including phenoxy) is 3. The number of nitro groups is 1. The highest BCUT2D eigenvalue weighted by molar-refractivity contribution is 5.97. The molecule has 0 saturated heterocycles. The van der Waals surface area contributed by atoms with Gasteiger partial charge in [-0.2, -0.15) is 0 Å². The van der Waals surface area contributed by atoms with Gasteiger partial charge in [0.25, 0.3) is 11.6 Å². The summed E-state index contributed by atoms with van der Waals surface area (Å²) in [5, 5.41) is 14.3. The quantitative estimate of drug-likeness (QED) is 0.492. The number of benzene rings is 2. The molecule has 1 unspecified atom stereocenters. The SMILES string of the molecule is COc1cc(OC)c(F)c(C(=O)N2C=CC3=CC(Nc4c(C)cccc4[N+](=O)[O-])OC3=C2)c1F. The van der Waals surface area contributed by atoms with Gasteiger partial charge in [-0.3, -0.25) is 19.8 Å². The number of nitro benzene ring substituents is 1. The molecule has 2 aromatic carbocycles. The summed E-state index contributed by atoms with van der Waals surface area (Å²) < 4.78 is 45.0. The van der Waals surface area contributed by atoms with Gasteiger partial charge in [-0.25, -0.2) is 8.78 Å². The van der Waals surface area contributed by atoms with Gasteiger partial charge >= 0.3 is 0 Å². The minimum Gasteiger partial charge on any atom is -0.494 e. The van der Waals surface area contributed by atoms with Crippen LogP contribution in [0.4, 0.5) is 20.2 Å². The largest absolute Gasteiger partial charge is 0.494 e. The molecular formula is C23H19F2N3O6. The number of allylic oxidation sites excluding steroid dienone is 1. The van der Waals surface area contributed by atoms with Gasteiger partial charge in [0, 0.05) is 23.9 Å². The monoisotopic (exact) mass is 471 g/mol. The summed E-state index contributed by atoms with van der Waals surface area (Å²) in [5.74, 6) is -3.81. The van der Waals surface area contributed by atoms with Crippen molar-refractivity contribution in [3.05, 3.63) is 93.0 Å². The fourth-order valence-electron chi connectivity index (χ4n) is 3.59. The van der Waals surface area contributed by atoms with Crippen LogP contribution in [0.3, 0.4) is 0 Å². The van der Waals surface area contributed by atoms with Crippen LogP contribution in [0.1, 0.15) is 15.9 Å². The first-order chi connectivity index (χ1) is 16.2. The minimum atomic E-state index is -1.17. The first-order valence-corrected chi connectivity index (χ1v) is 9.97. The van der Waals surface area contributed by atoms with Crippen LogP contribution in [-0.2, 0) is 4.74 Å². The van der Waals surface area contributed by atoms with E-state index in [2.05, 4.69) is 5.32 Å². The van der Waals surface area contributed by atoms with Crippen LogP contribution in [0.5, 0.6) is 11.5 Å². The highest BCUT2D eigenvalue weighted by Gasteiger charge is 2.32. The molecular weight excluding hydrogens is 452 g/mol.